The zero-order valence-electron chi connectivity index (χ0n) is 17.8. The van der Waals surface area contributed by atoms with E-state index in [4.69, 9.17) is 21.5 Å². The number of aromatic nitrogens is 1. The van der Waals surface area contributed by atoms with E-state index in [1.54, 1.807) is 0 Å². The van der Waals surface area contributed by atoms with Gasteiger partial charge in [0, 0.05) is 12.2 Å². The molecule has 1 aliphatic carbocycles. The fraction of sp³-hybridized carbons (Fsp3) is 0.391. The van der Waals surface area contributed by atoms with Gasteiger partial charge in [-0.2, -0.15) is 10.5 Å². The molecule has 2 aliphatic rings. The van der Waals surface area contributed by atoms with Gasteiger partial charge in [0.1, 0.15) is 29.3 Å². The molecule has 0 bridgehead atoms. The van der Waals surface area contributed by atoms with Gasteiger partial charge in [-0.1, -0.05) is 43.5 Å². The zero-order chi connectivity index (χ0) is 22.5. The van der Waals surface area contributed by atoms with Crippen molar-refractivity contribution in [2.45, 2.75) is 44.8 Å². The van der Waals surface area contributed by atoms with Crippen LogP contribution in [0.25, 0.3) is 0 Å². The average Bonchev–Trinajstić information content (AvgIpc) is 2.80. The highest BCUT2D eigenvalue weighted by atomic mass is 16.5. The molecule has 1 unspecified atom stereocenters. The lowest BCUT2D eigenvalue weighted by atomic mass is 9.90. The Balaban J connectivity index is 1.61. The van der Waals surface area contributed by atoms with Gasteiger partial charge in [-0.05, 0) is 29.9 Å². The van der Waals surface area contributed by atoms with Crippen LogP contribution in [0.3, 0.4) is 0 Å². The third kappa shape index (κ3) is 4.43. The molecular weight excluding hydrogens is 404 g/mol. The molecule has 1 saturated carbocycles. The molecule has 0 saturated heterocycles. The molecule has 6 N–H and O–H groups in total. The minimum Gasteiger partial charge on any atom is -0.397 e. The van der Waals surface area contributed by atoms with E-state index in [0.29, 0.717) is 23.9 Å². The predicted molar refractivity (Wildman–Crippen MR) is 122 cm³/mol. The molecular formula is C23H26N8O. The van der Waals surface area contributed by atoms with E-state index in [2.05, 4.69) is 20.6 Å². The molecule has 1 atom stereocenters. The van der Waals surface area contributed by atoms with Crippen molar-refractivity contribution in [3.05, 3.63) is 46.5 Å². The van der Waals surface area contributed by atoms with Crippen LogP contribution in [0.5, 0.6) is 0 Å². The zero-order valence-corrected chi connectivity index (χ0v) is 17.8. The lowest BCUT2D eigenvalue weighted by Gasteiger charge is -2.26. The van der Waals surface area contributed by atoms with Crippen molar-refractivity contribution >= 4 is 23.3 Å². The summed E-state index contributed by atoms with van der Waals surface area (Å²) in [6, 6.07) is 9.35. The Morgan fingerprint density at radius 3 is 2.75 bits per heavy atom. The molecule has 2 heterocycles. The van der Waals surface area contributed by atoms with Crippen molar-refractivity contribution in [2.24, 2.45) is 10.9 Å². The van der Waals surface area contributed by atoms with Crippen LogP contribution in [-0.4, -0.2) is 17.6 Å². The summed E-state index contributed by atoms with van der Waals surface area (Å²) in [4.78, 5) is 8.89. The molecule has 1 fully saturated rings. The Hall–Kier alpha value is -3.82. The second-order valence-electron chi connectivity index (χ2n) is 8.17. The van der Waals surface area contributed by atoms with Gasteiger partial charge in [0.25, 0.3) is 0 Å². The quantitative estimate of drug-likeness (QED) is 0.416. The van der Waals surface area contributed by atoms with Crippen molar-refractivity contribution in [1.82, 2.24) is 10.3 Å². The van der Waals surface area contributed by atoms with E-state index in [0.717, 1.165) is 17.7 Å². The van der Waals surface area contributed by atoms with Crippen LogP contribution >= 0.6 is 0 Å². The third-order valence-corrected chi connectivity index (χ3v) is 5.97. The molecule has 2 aromatic rings. The Kier molecular flexibility index (Phi) is 6.39. The number of nitrogens with zero attached hydrogens (tertiary/aromatic N) is 4. The summed E-state index contributed by atoms with van der Waals surface area (Å²) in [5, 5.41) is 24.0. The molecule has 0 spiro atoms. The van der Waals surface area contributed by atoms with Crippen molar-refractivity contribution in [1.29, 1.82) is 10.5 Å². The third-order valence-electron chi connectivity index (χ3n) is 5.97. The number of guanidine groups is 1. The second-order valence-corrected chi connectivity index (χ2v) is 8.17. The Morgan fingerprint density at radius 1 is 1.19 bits per heavy atom. The van der Waals surface area contributed by atoms with E-state index < -0.39 is 6.04 Å². The molecule has 4 rings (SSSR count). The van der Waals surface area contributed by atoms with Crippen molar-refractivity contribution in [3.8, 4) is 12.3 Å². The van der Waals surface area contributed by atoms with Crippen LogP contribution in [0, 0.1) is 28.7 Å². The molecule has 1 aromatic carbocycles. The number of aliphatic imine (C=N–C) groups is 1. The molecule has 1 aliphatic heterocycles. The van der Waals surface area contributed by atoms with Gasteiger partial charge in [-0.15, -0.1) is 0 Å². The van der Waals surface area contributed by atoms with Gasteiger partial charge in [0.2, 0.25) is 5.96 Å². The maximum Gasteiger partial charge on any atom is 0.211 e. The minimum atomic E-state index is -0.555. The van der Waals surface area contributed by atoms with Gasteiger partial charge in [0.05, 0.1) is 12.3 Å². The summed E-state index contributed by atoms with van der Waals surface area (Å²) in [6.07, 6.45) is 8.25. The monoisotopic (exact) mass is 430 g/mol. The number of benzene rings is 1. The highest BCUT2D eigenvalue weighted by molar-refractivity contribution is 5.98. The van der Waals surface area contributed by atoms with E-state index in [-0.39, 0.29) is 23.0 Å². The van der Waals surface area contributed by atoms with Crippen molar-refractivity contribution in [2.75, 3.05) is 23.4 Å². The second kappa shape index (κ2) is 9.54. The number of nitrogens with one attached hydrogen (secondary N) is 2. The smallest absolute Gasteiger partial charge is 0.211 e. The molecule has 0 amide bonds. The van der Waals surface area contributed by atoms with E-state index in [1.807, 2.05) is 36.5 Å². The fourth-order valence-electron chi connectivity index (χ4n) is 4.37. The highest BCUT2D eigenvalue weighted by Crippen LogP contribution is 2.40. The van der Waals surface area contributed by atoms with E-state index in [9.17, 15) is 5.26 Å². The van der Waals surface area contributed by atoms with Crippen LogP contribution in [0.15, 0.2) is 29.3 Å². The highest BCUT2D eigenvalue weighted by Gasteiger charge is 2.29. The van der Waals surface area contributed by atoms with Gasteiger partial charge >= 0.3 is 0 Å². The van der Waals surface area contributed by atoms with Crippen molar-refractivity contribution < 1.29 is 4.74 Å². The van der Waals surface area contributed by atoms with Crippen LogP contribution in [-0.2, 0) is 11.3 Å². The Morgan fingerprint density at radius 2 is 2.00 bits per heavy atom. The van der Waals surface area contributed by atoms with Gasteiger partial charge in [-0.25, -0.2) is 9.98 Å². The summed E-state index contributed by atoms with van der Waals surface area (Å²) < 4.78 is 6.01. The number of ether oxygens (including phenoxy) is 1. The molecule has 32 heavy (non-hydrogen) atoms. The summed E-state index contributed by atoms with van der Waals surface area (Å²) in [5.41, 5.74) is 15.0. The van der Waals surface area contributed by atoms with E-state index in [1.165, 1.54) is 32.1 Å². The number of rotatable bonds is 5. The Labute approximate surface area is 187 Å². The topological polar surface area (TPSA) is 158 Å². The molecule has 9 nitrogen and oxygen atoms in total. The Bertz CT molecular complexity index is 1110. The summed E-state index contributed by atoms with van der Waals surface area (Å²) >= 11 is 0. The standard InChI is InChI=1S/C23H26N8O/c24-10-17-19(26)18-20(29-23(28-13-25)31-22(18)30-21(17)27)16-8-4-7-15(9-16)12-32-11-14-5-2-1-3-6-14/h4,7-9,14,20H,1-3,5-6,11-12H2,(H6,26,27,28,29,30,31). The number of fused-ring (bicyclic) bond motifs is 1. The average molecular weight is 431 g/mol. The van der Waals surface area contributed by atoms with E-state index >= 15 is 0 Å². The summed E-state index contributed by atoms with van der Waals surface area (Å²) in [6.45, 7) is 1.28. The minimum absolute atomic E-state index is 0.0260. The lowest BCUT2D eigenvalue weighted by Crippen LogP contribution is -2.32. The van der Waals surface area contributed by atoms with Crippen molar-refractivity contribution in [3.63, 3.8) is 0 Å². The van der Waals surface area contributed by atoms with Crippen LogP contribution in [0.4, 0.5) is 17.3 Å². The van der Waals surface area contributed by atoms with Gasteiger partial charge in [-0.3, -0.25) is 5.32 Å². The maximum absolute atomic E-state index is 9.46. The van der Waals surface area contributed by atoms with Crippen LogP contribution < -0.4 is 22.1 Å². The maximum atomic E-state index is 9.46. The van der Waals surface area contributed by atoms with Crippen LogP contribution in [0.2, 0.25) is 0 Å². The lowest BCUT2D eigenvalue weighted by molar-refractivity contribution is 0.0739. The normalized spacial score (nSPS) is 17.9. The van der Waals surface area contributed by atoms with Gasteiger partial charge < -0.3 is 21.5 Å². The first kappa shape index (κ1) is 21.4. The first-order valence-corrected chi connectivity index (χ1v) is 10.8. The first-order chi connectivity index (χ1) is 15.6. The number of hydrogen-bond donors (Lipinski definition) is 4. The molecule has 164 valence electrons. The number of nitrogens with two attached hydrogens (primary N) is 2. The van der Waals surface area contributed by atoms with Gasteiger partial charge in [0.15, 0.2) is 6.19 Å². The number of hydrogen-bond acceptors (Lipinski definition) is 9. The first-order valence-electron chi connectivity index (χ1n) is 10.8. The fourth-order valence-corrected chi connectivity index (χ4v) is 4.37. The SMILES string of the molecule is N#CNC1=NC(c2cccc(COCC3CCCCC3)c2)c2c(nc(N)c(C#N)c2N)N1. The number of pyridine rings is 1. The number of nitrogen functional groups attached to an aromatic ring is 2. The number of anilines is 3. The molecule has 9 heteroatoms. The predicted octanol–water partition coefficient (Wildman–Crippen LogP) is 3.16. The number of nitriles is 2. The molecule has 1 aromatic heterocycles. The summed E-state index contributed by atoms with van der Waals surface area (Å²) in [5.74, 6) is 1.28. The van der Waals surface area contributed by atoms with Crippen LogP contribution in [0.1, 0.15) is 60.4 Å². The molecule has 0 radical (unpaired) electrons. The largest absolute Gasteiger partial charge is 0.397 e. The summed E-state index contributed by atoms with van der Waals surface area (Å²) in [7, 11) is 0.